The fourth-order valence-corrected chi connectivity index (χ4v) is 1.15. The summed E-state index contributed by atoms with van der Waals surface area (Å²) in [6, 6.07) is 9.48. The molecule has 1 aromatic carbocycles. The van der Waals surface area contributed by atoms with Crippen LogP contribution in [-0.2, 0) is 0 Å². The van der Waals surface area contributed by atoms with Crippen LogP contribution in [0.2, 0.25) is 0 Å². The first-order valence-electron chi connectivity index (χ1n) is 3.69. The third kappa shape index (κ3) is 3.67. The SMILES string of the molecule is C[C@@H](O)NPOc1ccccc1. The Balaban J connectivity index is 2.25. The maximum atomic E-state index is 8.85. The van der Waals surface area contributed by atoms with E-state index in [2.05, 4.69) is 5.09 Å². The monoisotopic (exact) mass is 185 g/mol. The third-order valence-corrected chi connectivity index (χ3v) is 2.05. The van der Waals surface area contributed by atoms with Crippen molar-refractivity contribution in [2.45, 2.75) is 13.2 Å². The van der Waals surface area contributed by atoms with Gasteiger partial charge in [0.2, 0.25) is 0 Å². The Kier molecular flexibility index (Phi) is 4.01. The molecule has 0 saturated heterocycles. The molecule has 0 fully saturated rings. The minimum Gasteiger partial charge on any atom is -0.461 e. The predicted molar refractivity (Wildman–Crippen MR) is 50.2 cm³/mol. The Morgan fingerprint density at radius 1 is 1.42 bits per heavy atom. The van der Waals surface area contributed by atoms with Gasteiger partial charge in [-0.15, -0.1) is 0 Å². The molecule has 1 rings (SSSR count). The van der Waals surface area contributed by atoms with Gasteiger partial charge >= 0.3 is 0 Å². The largest absolute Gasteiger partial charge is 0.461 e. The Morgan fingerprint density at radius 2 is 2.08 bits per heavy atom. The van der Waals surface area contributed by atoms with E-state index in [1.807, 2.05) is 30.3 Å². The maximum Gasteiger partial charge on any atom is 0.148 e. The summed E-state index contributed by atoms with van der Waals surface area (Å²) in [5.41, 5.74) is 0. The van der Waals surface area contributed by atoms with E-state index >= 15 is 0 Å². The van der Waals surface area contributed by atoms with E-state index in [4.69, 9.17) is 9.63 Å². The highest BCUT2D eigenvalue weighted by molar-refractivity contribution is 7.30. The van der Waals surface area contributed by atoms with Gasteiger partial charge in [-0.25, -0.2) is 5.09 Å². The molecule has 0 saturated carbocycles. The maximum absolute atomic E-state index is 8.85. The van der Waals surface area contributed by atoms with Gasteiger partial charge < -0.3 is 9.63 Å². The lowest BCUT2D eigenvalue weighted by Crippen LogP contribution is -2.16. The Morgan fingerprint density at radius 3 is 2.67 bits per heavy atom. The third-order valence-electron chi connectivity index (χ3n) is 1.18. The first kappa shape index (κ1) is 9.46. The molecule has 1 unspecified atom stereocenters. The fraction of sp³-hybridized carbons (Fsp3) is 0.250. The van der Waals surface area contributed by atoms with Crippen molar-refractivity contribution in [3.63, 3.8) is 0 Å². The molecule has 1 aromatic rings. The first-order chi connectivity index (χ1) is 5.79. The minimum absolute atomic E-state index is 0.0900. The number of nitrogens with one attached hydrogen (secondary N) is 1. The van der Waals surface area contributed by atoms with Crippen molar-refractivity contribution >= 4 is 8.96 Å². The number of hydrogen-bond donors (Lipinski definition) is 2. The molecular formula is C8H12NO2P. The molecule has 2 N–H and O–H groups in total. The summed E-state index contributed by atoms with van der Waals surface area (Å²) in [6.45, 7) is 1.65. The van der Waals surface area contributed by atoms with Crippen molar-refractivity contribution in [3.05, 3.63) is 30.3 Å². The van der Waals surface area contributed by atoms with E-state index < -0.39 is 6.23 Å². The zero-order valence-corrected chi connectivity index (χ0v) is 7.82. The molecule has 0 aliphatic heterocycles. The van der Waals surface area contributed by atoms with Crippen molar-refractivity contribution in [2.24, 2.45) is 0 Å². The van der Waals surface area contributed by atoms with E-state index in [0.717, 1.165) is 5.75 Å². The molecule has 0 heterocycles. The Hall–Kier alpha value is -0.630. The molecule has 3 nitrogen and oxygen atoms in total. The lowest BCUT2D eigenvalue weighted by atomic mass is 10.3. The molecule has 0 aliphatic carbocycles. The van der Waals surface area contributed by atoms with E-state index in [9.17, 15) is 0 Å². The van der Waals surface area contributed by atoms with Crippen LogP contribution in [0.25, 0.3) is 0 Å². The van der Waals surface area contributed by atoms with Gasteiger partial charge in [-0.3, -0.25) is 0 Å². The van der Waals surface area contributed by atoms with E-state index in [-0.39, 0.29) is 8.96 Å². The number of hydrogen-bond acceptors (Lipinski definition) is 3. The molecule has 12 heavy (non-hydrogen) atoms. The van der Waals surface area contributed by atoms with Crippen molar-refractivity contribution in [1.29, 1.82) is 0 Å². The van der Waals surface area contributed by atoms with Gasteiger partial charge in [-0.2, -0.15) is 0 Å². The van der Waals surface area contributed by atoms with Gasteiger partial charge in [0.15, 0.2) is 0 Å². The molecule has 0 amide bonds. The quantitative estimate of drug-likeness (QED) is 0.551. The van der Waals surface area contributed by atoms with Crippen LogP contribution in [0.5, 0.6) is 5.75 Å². The van der Waals surface area contributed by atoms with Gasteiger partial charge in [0, 0.05) is 0 Å². The molecule has 66 valence electrons. The summed E-state index contributed by atoms with van der Waals surface area (Å²) in [4.78, 5) is 0. The van der Waals surface area contributed by atoms with E-state index in [0.29, 0.717) is 0 Å². The summed E-state index contributed by atoms with van der Waals surface area (Å²) in [5, 5.41) is 11.6. The van der Waals surface area contributed by atoms with Crippen molar-refractivity contribution < 1.29 is 9.63 Å². The molecule has 0 aromatic heterocycles. The standard InChI is InChI=1S/C8H12NO2P/c1-7(10)9-12-11-8-5-3-2-4-6-8/h2-7,9-10,12H,1H3/t7-/m1/s1. The summed E-state index contributed by atoms with van der Waals surface area (Å²) in [6.07, 6.45) is -0.521. The Labute approximate surface area is 73.7 Å². The number of rotatable bonds is 4. The number of benzene rings is 1. The summed E-state index contributed by atoms with van der Waals surface area (Å²) >= 11 is 0. The van der Waals surface area contributed by atoms with Crippen LogP contribution in [0, 0.1) is 0 Å². The van der Waals surface area contributed by atoms with Crippen LogP contribution in [0.1, 0.15) is 6.92 Å². The van der Waals surface area contributed by atoms with Crippen molar-refractivity contribution in [1.82, 2.24) is 5.09 Å². The van der Waals surface area contributed by atoms with Gasteiger partial charge in [-0.1, -0.05) is 18.2 Å². The van der Waals surface area contributed by atoms with Crippen LogP contribution in [-0.4, -0.2) is 11.3 Å². The van der Waals surface area contributed by atoms with Crippen molar-refractivity contribution in [3.8, 4) is 5.75 Å². The molecule has 0 spiro atoms. The van der Waals surface area contributed by atoms with Crippen LogP contribution in [0.3, 0.4) is 0 Å². The lowest BCUT2D eigenvalue weighted by Gasteiger charge is -2.07. The average molecular weight is 185 g/mol. The second kappa shape index (κ2) is 5.09. The van der Waals surface area contributed by atoms with Crippen LogP contribution < -0.4 is 9.61 Å². The zero-order valence-electron chi connectivity index (χ0n) is 6.82. The molecule has 0 bridgehead atoms. The highest BCUT2D eigenvalue weighted by Gasteiger charge is 1.93. The lowest BCUT2D eigenvalue weighted by molar-refractivity contribution is 0.184. The smallest absolute Gasteiger partial charge is 0.148 e. The molecule has 4 heteroatoms. The Bertz CT molecular complexity index is 216. The van der Waals surface area contributed by atoms with Crippen molar-refractivity contribution in [2.75, 3.05) is 0 Å². The van der Waals surface area contributed by atoms with Crippen LogP contribution >= 0.6 is 8.96 Å². The normalized spacial score (nSPS) is 13.5. The van der Waals surface area contributed by atoms with Crippen LogP contribution in [0.15, 0.2) is 30.3 Å². The summed E-state index contributed by atoms with van der Waals surface area (Å²) in [5.74, 6) is 0.809. The summed E-state index contributed by atoms with van der Waals surface area (Å²) in [7, 11) is 0.0900. The van der Waals surface area contributed by atoms with Gasteiger partial charge in [0.05, 0.1) is 0 Å². The first-order valence-corrected chi connectivity index (χ1v) is 4.60. The molecule has 2 atom stereocenters. The number of para-hydroxylation sites is 1. The summed E-state index contributed by atoms with van der Waals surface area (Å²) < 4.78 is 5.27. The second-order valence-corrected chi connectivity index (χ2v) is 3.03. The fourth-order valence-electron chi connectivity index (χ4n) is 0.662. The predicted octanol–water partition coefficient (Wildman–Crippen LogP) is 1.50. The van der Waals surface area contributed by atoms with E-state index in [1.165, 1.54) is 0 Å². The number of aliphatic hydroxyl groups excluding tert-OH is 1. The van der Waals surface area contributed by atoms with Gasteiger partial charge in [0.25, 0.3) is 0 Å². The minimum atomic E-state index is -0.521. The molecule has 0 radical (unpaired) electrons. The van der Waals surface area contributed by atoms with Crippen LogP contribution in [0.4, 0.5) is 0 Å². The zero-order chi connectivity index (χ0) is 8.81. The second-order valence-electron chi connectivity index (χ2n) is 2.34. The highest BCUT2D eigenvalue weighted by atomic mass is 31.1. The average Bonchev–Trinajstić information content (AvgIpc) is 2.05. The molecular weight excluding hydrogens is 173 g/mol. The number of aliphatic hydroxyl groups is 1. The van der Waals surface area contributed by atoms with Gasteiger partial charge in [0.1, 0.15) is 20.9 Å². The topological polar surface area (TPSA) is 41.5 Å². The van der Waals surface area contributed by atoms with E-state index in [1.54, 1.807) is 6.92 Å². The van der Waals surface area contributed by atoms with Gasteiger partial charge in [-0.05, 0) is 19.1 Å². The highest BCUT2D eigenvalue weighted by Crippen LogP contribution is 2.16. The molecule has 0 aliphatic rings.